The van der Waals surface area contributed by atoms with Crippen LogP contribution in [0.2, 0.25) is 0 Å². The summed E-state index contributed by atoms with van der Waals surface area (Å²) in [5.41, 5.74) is 3.10. The lowest BCUT2D eigenvalue weighted by Gasteiger charge is -2.26. The maximum Gasteiger partial charge on any atom is 0.177 e. The number of rotatable bonds is 6. The van der Waals surface area contributed by atoms with Gasteiger partial charge in [0.05, 0.1) is 11.8 Å². The van der Waals surface area contributed by atoms with Gasteiger partial charge in [0.1, 0.15) is 0 Å². The molecule has 3 heterocycles. The summed E-state index contributed by atoms with van der Waals surface area (Å²) in [4.78, 5) is 14.2. The molecule has 2 aromatic rings. The molecule has 2 aromatic heterocycles. The van der Waals surface area contributed by atoms with E-state index in [1.165, 1.54) is 50.9 Å². The summed E-state index contributed by atoms with van der Waals surface area (Å²) in [5.74, 6) is 0. The molecule has 0 aliphatic carbocycles. The van der Waals surface area contributed by atoms with Crippen molar-refractivity contribution in [1.29, 1.82) is 0 Å². The van der Waals surface area contributed by atoms with E-state index in [4.69, 9.17) is 0 Å². The van der Waals surface area contributed by atoms with E-state index >= 15 is 0 Å². The molecule has 1 aliphatic heterocycles. The number of likely N-dealkylation sites (tertiary alicyclic amines) is 1. The maximum atomic E-state index is 4.23. The largest absolute Gasteiger partial charge is 0.343 e. The molecule has 5 heteroatoms. The van der Waals surface area contributed by atoms with Crippen molar-refractivity contribution < 1.29 is 0 Å². The molecule has 0 atom stereocenters. The second kappa shape index (κ2) is 6.81. The molecule has 2 N–H and O–H groups in total. The van der Waals surface area contributed by atoms with Crippen molar-refractivity contribution in [2.75, 3.05) is 26.2 Å². The van der Waals surface area contributed by atoms with Crippen LogP contribution in [0.5, 0.6) is 0 Å². The van der Waals surface area contributed by atoms with E-state index in [9.17, 15) is 0 Å². The van der Waals surface area contributed by atoms with Crippen molar-refractivity contribution in [2.45, 2.75) is 32.2 Å². The molecule has 1 aliphatic rings. The molecule has 1 fully saturated rings. The maximum absolute atomic E-state index is 4.23. The molecule has 0 aromatic carbocycles. The number of H-pyrrole nitrogens is 1. The van der Waals surface area contributed by atoms with Gasteiger partial charge in [0.2, 0.25) is 0 Å². The Bertz CT molecular complexity index is 530. The van der Waals surface area contributed by atoms with Gasteiger partial charge < -0.3 is 15.2 Å². The molecule has 3 rings (SSSR count). The first-order valence-electron chi connectivity index (χ1n) is 7.63. The molecule has 108 valence electrons. The van der Waals surface area contributed by atoms with Gasteiger partial charge in [-0.2, -0.15) is 0 Å². The normalized spacial score (nSPS) is 16.8. The topological polar surface area (TPSA) is 56.8 Å². The third-order valence-corrected chi connectivity index (χ3v) is 4.01. The Balaban J connectivity index is 1.40. The summed E-state index contributed by atoms with van der Waals surface area (Å²) in [6, 6.07) is 2.05. The molecule has 0 amide bonds. The Labute approximate surface area is 119 Å². The number of hydrogen-bond donors (Lipinski definition) is 2. The van der Waals surface area contributed by atoms with Crippen LogP contribution in [0.4, 0.5) is 0 Å². The zero-order chi connectivity index (χ0) is 13.6. The van der Waals surface area contributed by atoms with E-state index in [-0.39, 0.29) is 0 Å². The van der Waals surface area contributed by atoms with Crippen molar-refractivity contribution in [3.05, 3.63) is 24.2 Å². The van der Waals surface area contributed by atoms with E-state index in [2.05, 4.69) is 31.2 Å². The highest BCUT2D eigenvalue weighted by molar-refractivity contribution is 5.73. The van der Waals surface area contributed by atoms with Gasteiger partial charge in [-0.25, -0.2) is 9.97 Å². The SMILES string of the molecule is c1cc(CNCCCN2CCCCC2)c2[nH]cnc2n1. The highest BCUT2D eigenvalue weighted by Crippen LogP contribution is 2.11. The first kappa shape index (κ1) is 13.5. The lowest BCUT2D eigenvalue weighted by molar-refractivity contribution is 0.225. The Morgan fingerprint density at radius 1 is 1.20 bits per heavy atom. The van der Waals surface area contributed by atoms with Crippen LogP contribution in [0, 0.1) is 0 Å². The first-order chi connectivity index (χ1) is 9.93. The van der Waals surface area contributed by atoms with Crippen LogP contribution in [0.1, 0.15) is 31.2 Å². The van der Waals surface area contributed by atoms with Crippen LogP contribution in [0.25, 0.3) is 11.2 Å². The highest BCUT2D eigenvalue weighted by atomic mass is 15.1. The van der Waals surface area contributed by atoms with E-state index < -0.39 is 0 Å². The van der Waals surface area contributed by atoms with Gasteiger partial charge in [0.25, 0.3) is 0 Å². The fourth-order valence-electron chi connectivity index (χ4n) is 2.88. The summed E-state index contributed by atoms with van der Waals surface area (Å²) in [5, 5.41) is 3.52. The number of imidazole rings is 1. The van der Waals surface area contributed by atoms with E-state index in [0.29, 0.717) is 0 Å². The minimum absolute atomic E-state index is 0.803. The fraction of sp³-hybridized carbons (Fsp3) is 0.600. The molecule has 20 heavy (non-hydrogen) atoms. The van der Waals surface area contributed by atoms with Crippen LogP contribution in [-0.4, -0.2) is 46.0 Å². The van der Waals surface area contributed by atoms with Gasteiger partial charge in [-0.15, -0.1) is 0 Å². The summed E-state index contributed by atoms with van der Waals surface area (Å²) < 4.78 is 0. The predicted octanol–water partition coefficient (Wildman–Crippen LogP) is 1.92. The second-order valence-electron chi connectivity index (χ2n) is 5.50. The predicted molar refractivity (Wildman–Crippen MR) is 80.5 cm³/mol. The summed E-state index contributed by atoms with van der Waals surface area (Å²) in [6.07, 6.45) is 8.92. The minimum Gasteiger partial charge on any atom is -0.343 e. The van der Waals surface area contributed by atoms with Crippen LogP contribution < -0.4 is 5.32 Å². The number of nitrogens with zero attached hydrogens (tertiary/aromatic N) is 3. The van der Waals surface area contributed by atoms with E-state index in [0.717, 1.165) is 24.3 Å². The highest BCUT2D eigenvalue weighted by Gasteiger charge is 2.09. The quantitative estimate of drug-likeness (QED) is 0.790. The first-order valence-corrected chi connectivity index (χ1v) is 7.63. The van der Waals surface area contributed by atoms with Gasteiger partial charge in [-0.05, 0) is 57.1 Å². The monoisotopic (exact) mass is 273 g/mol. The minimum atomic E-state index is 0.803. The van der Waals surface area contributed by atoms with Crippen LogP contribution in [0.15, 0.2) is 18.6 Å². The molecule has 0 bridgehead atoms. The van der Waals surface area contributed by atoms with Crippen molar-refractivity contribution in [2.24, 2.45) is 0 Å². The molecule has 0 radical (unpaired) electrons. The van der Waals surface area contributed by atoms with Crippen molar-refractivity contribution in [3.63, 3.8) is 0 Å². The zero-order valence-corrected chi connectivity index (χ0v) is 11.9. The van der Waals surface area contributed by atoms with E-state index in [1.807, 2.05) is 6.20 Å². The lowest BCUT2D eigenvalue weighted by Crippen LogP contribution is -2.32. The van der Waals surface area contributed by atoms with Crippen LogP contribution in [-0.2, 0) is 6.54 Å². The van der Waals surface area contributed by atoms with Crippen LogP contribution >= 0.6 is 0 Å². The molecule has 0 unspecified atom stereocenters. The molecule has 1 saturated heterocycles. The third kappa shape index (κ3) is 3.35. The lowest BCUT2D eigenvalue weighted by atomic mass is 10.1. The van der Waals surface area contributed by atoms with E-state index in [1.54, 1.807) is 6.33 Å². The Hall–Kier alpha value is -1.46. The second-order valence-corrected chi connectivity index (χ2v) is 5.50. The van der Waals surface area contributed by atoms with Gasteiger partial charge >= 0.3 is 0 Å². The average Bonchev–Trinajstić information content (AvgIpc) is 2.97. The number of hydrogen-bond acceptors (Lipinski definition) is 4. The van der Waals surface area contributed by atoms with Crippen LogP contribution in [0.3, 0.4) is 0 Å². The summed E-state index contributed by atoms with van der Waals surface area (Å²) in [6.45, 7) is 5.75. The van der Waals surface area contributed by atoms with Crippen molar-refractivity contribution >= 4 is 11.2 Å². The number of aromatic amines is 1. The summed E-state index contributed by atoms with van der Waals surface area (Å²) >= 11 is 0. The van der Waals surface area contributed by atoms with Gasteiger partial charge in [-0.1, -0.05) is 6.42 Å². The average molecular weight is 273 g/mol. The molecule has 5 nitrogen and oxygen atoms in total. The number of piperidine rings is 1. The molecule has 0 spiro atoms. The molecular weight excluding hydrogens is 250 g/mol. The number of pyridine rings is 1. The summed E-state index contributed by atoms with van der Waals surface area (Å²) in [7, 11) is 0. The molecular formula is C15H23N5. The Kier molecular flexibility index (Phi) is 4.61. The third-order valence-electron chi connectivity index (χ3n) is 4.01. The number of aromatic nitrogens is 3. The number of fused-ring (bicyclic) bond motifs is 1. The Morgan fingerprint density at radius 3 is 3.00 bits per heavy atom. The zero-order valence-electron chi connectivity index (χ0n) is 11.9. The Morgan fingerprint density at radius 2 is 2.10 bits per heavy atom. The van der Waals surface area contributed by atoms with Gasteiger partial charge in [-0.3, -0.25) is 0 Å². The van der Waals surface area contributed by atoms with Crippen molar-refractivity contribution in [3.8, 4) is 0 Å². The fourth-order valence-corrected chi connectivity index (χ4v) is 2.88. The van der Waals surface area contributed by atoms with Gasteiger partial charge in [0, 0.05) is 12.7 Å². The van der Waals surface area contributed by atoms with Crippen molar-refractivity contribution in [1.82, 2.24) is 25.2 Å². The molecule has 0 saturated carbocycles. The smallest absolute Gasteiger partial charge is 0.177 e. The van der Waals surface area contributed by atoms with Gasteiger partial charge in [0.15, 0.2) is 5.65 Å². The number of nitrogens with one attached hydrogen (secondary N) is 2. The standard InChI is InChI=1S/C15H23N5/c1-2-8-20(9-3-1)10-4-6-16-11-13-5-7-17-15-14(13)18-12-19-15/h5,7,12,16H,1-4,6,8-11H2,(H,17,18,19).